The van der Waals surface area contributed by atoms with E-state index in [-0.39, 0.29) is 11.1 Å². The first kappa shape index (κ1) is 14.2. The number of pyridine rings is 1. The minimum Gasteiger partial charge on any atom is -0.339 e. The van der Waals surface area contributed by atoms with Crippen LogP contribution in [-0.2, 0) is 23.5 Å². The van der Waals surface area contributed by atoms with Crippen LogP contribution in [0.1, 0.15) is 18.5 Å². The van der Waals surface area contributed by atoms with Crippen LogP contribution in [0.3, 0.4) is 0 Å². The Morgan fingerprint density at radius 2 is 2.19 bits per heavy atom. The number of nitrogens with zero attached hydrogens (tertiary/aromatic N) is 4. The summed E-state index contributed by atoms with van der Waals surface area (Å²) in [6, 6.07) is 5.69. The Hall–Kier alpha value is -1.73. The van der Waals surface area contributed by atoms with E-state index in [4.69, 9.17) is 0 Å². The van der Waals surface area contributed by atoms with Crippen molar-refractivity contribution in [2.45, 2.75) is 30.3 Å². The molecule has 21 heavy (non-hydrogen) atoms. The lowest BCUT2D eigenvalue weighted by Crippen LogP contribution is -2.37. The van der Waals surface area contributed by atoms with Gasteiger partial charge >= 0.3 is 0 Å². The van der Waals surface area contributed by atoms with Crippen molar-refractivity contribution in [3.8, 4) is 0 Å². The van der Waals surface area contributed by atoms with Crippen LogP contribution in [0.4, 0.5) is 0 Å². The third-order valence-electron chi connectivity index (χ3n) is 3.75. The van der Waals surface area contributed by atoms with Gasteiger partial charge in [-0.05, 0) is 25.0 Å². The highest BCUT2D eigenvalue weighted by Gasteiger charge is 2.36. The van der Waals surface area contributed by atoms with Gasteiger partial charge in [0.25, 0.3) is 10.0 Å². The molecule has 1 fully saturated rings. The number of sulfonamides is 1. The van der Waals surface area contributed by atoms with E-state index in [1.165, 1.54) is 6.33 Å². The Kier molecular flexibility index (Phi) is 3.77. The average molecular weight is 306 g/mol. The second-order valence-electron chi connectivity index (χ2n) is 5.31. The summed E-state index contributed by atoms with van der Waals surface area (Å²) < 4.78 is 28.6. The van der Waals surface area contributed by atoms with Crippen molar-refractivity contribution >= 4 is 10.0 Å². The average Bonchev–Trinajstić information content (AvgIpc) is 3.09. The smallest absolute Gasteiger partial charge is 0.262 e. The maximum atomic E-state index is 12.7. The molecule has 0 spiro atoms. The second kappa shape index (κ2) is 5.57. The van der Waals surface area contributed by atoms with Gasteiger partial charge in [0, 0.05) is 44.1 Å². The van der Waals surface area contributed by atoms with Gasteiger partial charge < -0.3 is 4.57 Å². The topological polar surface area (TPSA) is 68.1 Å². The van der Waals surface area contributed by atoms with E-state index in [0.717, 1.165) is 18.5 Å². The Balaban J connectivity index is 1.84. The van der Waals surface area contributed by atoms with Gasteiger partial charge in [-0.3, -0.25) is 4.98 Å². The molecule has 0 N–H and O–H groups in total. The summed E-state index contributed by atoms with van der Waals surface area (Å²) in [5.41, 5.74) is 0.922. The molecule has 0 amide bonds. The molecule has 0 radical (unpaired) electrons. The molecule has 6 nitrogen and oxygen atoms in total. The molecule has 3 heterocycles. The highest BCUT2D eigenvalue weighted by atomic mass is 32.2. The summed E-state index contributed by atoms with van der Waals surface area (Å²) in [6.07, 6.45) is 7.18. The van der Waals surface area contributed by atoms with E-state index >= 15 is 0 Å². The Morgan fingerprint density at radius 1 is 1.33 bits per heavy atom. The molecule has 2 aromatic rings. The van der Waals surface area contributed by atoms with Crippen LogP contribution >= 0.6 is 0 Å². The van der Waals surface area contributed by atoms with Gasteiger partial charge in [-0.2, -0.15) is 4.31 Å². The molecule has 0 saturated carbocycles. The number of imidazole rings is 1. The van der Waals surface area contributed by atoms with E-state index in [9.17, 15) is 8.42 Å². The molecule has 0 aliphatic carbocycles. The first-order valence-electron chi connectivity index (χ1n) is 6.97. The molecule has 0 aromatic carbocycles. The van der Waals surface area contributed by atoms with Gasteiger partial charge in [-0.25, -0.2) is 13.4 Å². The number of aromatic nitrogens is 3. The zero-order valence-corrected chi connectivity index (χ0v) is 12.7. The third kappa shape index (κ3) is 2.84. The van der Waals surface area contributed by atoms with Gasteiger partial charge in [0.2, 0.25) is 0 Å². The van der Waals surface area contributed by atoms with E-state index in [1.54, 1.807) is 28.3 Å². The molecular formula is C14H18N4O2S. The standard InChI is InChI=1S/C14H18N4O2S/c1-17-10-14(16-11-17)21(19,20)18-8-4-6-13(18)9-12-5-2-3-7-15-12/h2-3,5,7,10-11,13H,4,6,8-9H2,1H3/t13-/m1/s1. The fraction of sp³-hybridized carbons (Fsp3) is 0.429. The molecule has 1 aliphatic rings. The van der Waals surface area contributed by atoms with Crippen molar-refractivity contribution in [2.75, 3.05) is 6.54 Å². The van der Waals surface area contributed by atoms with Crippen LogP contribution in [0.5, 0.6) is 0 Å². The van der Waals surface area contributed by atoms with E-state index in [1.807, 2.05) is 18.2 Å². The van der Waals surface area contributed by atoms with Crippen molar-refractivity contribution in [1.29, 1.82) is 0 Å². The lowest BCUT2D eigenvalue weighted by atomic mass is 10.1. The van der Waals surface area contributed by atoms with Crippen LogP contribution in [0, 0.1) is 0 Å². The van der Waals surface area contributed by atoms with Crippen LogP contribution in [0.2, 0.25) is 0 Å². The summed E-state index contributed by atoms with van der Waals surface area (Å²) in [6.45, 7) is 0.552. The van der Waals surface area contributed by atoms with Gasteiger partial charge in [0.05, 0.1) is 6.33 Å². The number of rotatable bonds is 4. The lowest BCUT2D eigenvalue weighted by Gasteiger charge is -2.22. The summed E-state index contributed by atoms with van der Waals surface area (Å²) in [4.78, 5) is 8.29. The van der Waals surface area contributed by atoms with Crippen LogP contribution < -0.4 is 0 Å². The highest BCUT2D eigenvalue weighted by Crippen LogP contribution is 2.27. The summed E-state index contributed by atoms with van der Waals surface area (Å²) >= 11 is 0. The number of hydrogen-bond donors (Lipinski definition) is 0. The maximum absolute atomic E-state index is 12.7. The fourth-order valence-corrected chi connectivity index (χ4v) is 4.39. The zero-order valence-electron chi connectivity index (χ0n) is 11.9. The monoisotopic (exact) mass is 306 g/mol. The zero-order chi connectivity index (χ0) is 14.9. The molecule has 0 unspecified atom stereocenters. The van der Waals surface area contributed by atoms with Gasteiger partial charge in [0.15, 0.2) is 5.03 Å². The van der Waals surface area contributed by atoms with E-state index in [0.29, 0.717) is 13.0 Å². The van der Waals surface area contributed by atoms with Gasteiger partial charge in [-0.1, -0.05) is 6.07 Å². The van der Waals surface area contributed by atoms with Crippen LogP contribution in [0.25, 0.3) is 0 Å². The van der Waals surface area contributed by atoms with Crippen LogP contribution in [-0.4, -0.2) is 39.8 Å². The van der Waals surface area contributed by atoms with Crippen molar-refractivity contribution in [2.24, 2.45) is 7.05 Å². The number of hydrogen-bond acceptors (Lipinski definition) is 4. The maximum Gasteiger partial charge on any atom is 0.262 e. The Labute approximate surface area is 124 Å². The first-order chi connectivity index (χ1) is 10.1. The molecule has 112 valence electrons. The quantitative estimate of drug-likeness (QED) is 0.851. The first-order valence-corrected chi connectivity index (χ1v) is 8.41. The summed E-state index contributed by atoms with van der Waals surface area (Å²) in [5.74, 6) is 0. The minimum atomic E-state index is -3.51. The summed E-state index contributed by atoms with van der Waals surface area (Å²) in [5, 5.41) is 0.123. The molecular weight excluding hydrogens is 288 g/mol. The van der Waals surface area contributed by atoms with Crippen molar-refractivity contribution in [3.63, 3.8) is 0 Å². The molecule has 7 heteroatoms. The fourth-order valence-electron chi connectivity index (χ4n) is 2.73. The van der Waals surface area contributed by atoms with Crippen molar-refractivity contribution < 1.29 is 8.42 Å². The predicted molar refractivity (Wildman–Crippen MR) is 78.1 cm³/mol. The normalized spacial score (nSPS) is 20.0. The highest BCUT2D eigenvalue weighted by molar-refractivity contribution is 7.89. The predicted octanol–water partition coefficient (Wildman–Crippen LogP) is 1.21. The van der Waals surface area contributed by atoms with Crippen molar-refractivity contribution in [1.82, 2.24) is 18.8 Å². The third-order valence-corrected chi connectivity index (χ3v) is 5.59. The molecule has 3 rings (SSSR count). The Bertz CT molecular complexity index is 712. The molecule has 2 aromatic heterocycles. The second-order valence-corrected chi connectivity index (χ2v) is 7.15. The van der Waals surface area contributed by atoms with E-state index in [2.05, 4.69) is 9.97 Å². The van der Waals surface area contributed by atoms with Gasteiger partial charge in [0.1, 0.15) is 0 Å². The largest absolute Gasteiger partial charge is 0.339 e. The molecule has 1 saturated heterocycles. The molecule has 1 atom stereocenters. The SMILES string of the molecule is Cn1cnc(S(=O)(=O)N2CCC[C@@H]2Cc2ccccn2)c1. The van der Waals surface area contributed by atoms with E-state index < -0.39 is 10.0 Å². The summed E-state index contributed by atoms with van der Waals surface area (Å²) in [7, 11) is -1.75. The Morgan fingerprint density at radius 3 is 2.86 bits per heavy atom. The minimum absolute atomic E-state index is 0.0353. The van der Waals surface area contributed by atoms with Crippen LogP contribution in [0.15, 0.2) is 41.9 Å². The molecule has 1 aliphatic heterocycles. The van der Waals surface area contributed by atoms with Gasteiger partial charge in [-0.15, -0.1) is 0 Å². The lowest BCUT2D eigenvalue weighted by molar-refractivity contribution is 0.382. The number of aryl methyl sites for hydroxylation is 1. The molecule has 0 bridgehead atoms. The van der Waals surface area contributed by atoms with Crippen molar-refractivity contribution in [3.05, 3.63) is 42.6 Å².